The lowest BCUT2D eigenvalue weighted by Crippen LogP contribution is -2.49. The summed E-state index contributed by atoms with van der Waals surface area (Å²) in [4.78, 5) is 27.8. The van der Waals surface area contributed by atoms with Crippen LogP contribution in [-0.4, -0.2) is 48.1 Å². The van der Waals surface area contributed by atoms with Crippen molar-refractivity contribution in [1.82, 2.24) is 4.90 Å². The van der Waals surface area contributed by atoms with E-state index in [-0.39, 0.29) is 11.5 Å². The number of amides is 1. The summed E-state index contributed by atoms with van der Waals surface area (Å²) < 4.78 is 0. The van der Waals surface area contributed by atoms with Crippen LogP contribution in [0.3, 0.4) is 0 Å². The lowest BCUT2D eigenvalue weighted by molar-refractivity contribution is 0.0693. The normalized spacial score (nSPS) is 14.4. The number of piperazine rings is 1. The fraction of sp³-hybridized carbons (Fsp3) is 0.333. The molecule has 2 aromatic carbocycles. The Labute approximate surface area is 153 Å². The average molecular weight is 352 g/mol. The van der Waals surface area contributed by atoms with Gasteiger partial charge in [-0.05, 0) is 56.2 Å². The van der Waals surface area contributed by atoms with Crippen LogP contribution >= 0.6 is 0 Å². The minimum atomic E-state index is -0.985. The zero-order valence-electron chi connectivity index (χ0n) is 15.5. The van der Waals surface area contributed by atoms with Gasteiger partial charge in [-0.3, -0.25) is 4.79 Å². The molecule has 2 aromatic rings. The summed E-state index contributed by atoms with van der Waals surface area (Å²) in [5.74, 6) is -1.03. The van der Waals surface area contributed by atoms with Gasteiger partial charge in [-0.2, -0.15) is 0 Å². The van der Waals surface area contributed by atoms with E-state index in [9.17, 15) is 9.59 Å². The number of hydrogen-bond donors (Lipinski definition) is 1. The molecule has 0 spiro atoms. The van der Waals surface area contributed by atoms with Crippen LogP contribution in [0.2, 0.25) is 0 Å². The summed E-state index contributed by atoms with van der Waals surface area (Å²) in [6, 6.07) is 10.5. The number of carboxylic acid groups (broad SMARTS) is 1. The Balaban J connectivity index is 1.68. The molecule has 0 unspecified atom stereocenters. The Morgan fingerprint density at radius 3 is 1.85 bits per heavy atom. The fourth-order valence-electron chi connectivity index (χ4n) is 3.74. The lowest BCUT2D eigenvalue weighted by Gasteiger charge is -2.37. The highest BCUT2D eigenvalue weighted by Crippen LogP contribution is 2.27. The number of carbonyl (C=O) groups excluding carboxylic acids is 1. The van der Waals surface area contributed by atoms with Gasteiger partial charge in [0.25, 0.3) is 5.91 Å². The van der Waals surface area contributed by atoms with Crippen molar-refractivity contribution in [2.24, 2.45) is 0 Å². The van der Waals surface area contributed by atoms with E-state index in [2.05, 4.69) is 37.8 Å². The smallest absolute Gasteiger partial charge is 0.335 e. The second-order valence-corrected chi connectivity index (χ2v) is 6.91. The number of aromatic carboxylic acids is 1. The highest BCUT2D eigenvalue weighted by Gasteiger charge is 2.24. The molecule has 5 nitrogen and oxygen atoms in total. The van der Waals surface area contributed by atoms with Crippen molar-refractivity contribution in [1.29, 1.82) is 0 Å². The number of carboxylic acids is 1. The first-order valence-electron chi connectivity index (χ1n) is 8.82. The maximum atomic E-state index is 12.7. The molecule has 1 aliphatic heterocycles. The largest absolute Gasteiger partial charge is 0.478 e. The van der Waals surface area contributed by atoms with Crippen molar-refractivity contribution < 1.29 is 14.7 Å². The molecule has 5 heteroatoms. The number of anilines is 1. The molecular weight excluding hydrogens is 328 g/mol. The Kier molecular flexibility index (Phi) is 4.98. The number of rotatable bonds is 3. The number of benzene rings is 2. The standard InChI is InChI=1S/C21H24N2O3/c1-14-12-15(2)19(16(3)13-14)22-8-10-23(11-9-22)20(24)17-4-6-18(7-5-17)21(25)26/h4-7,12-13H,8-11H2,1-3H3,(H,25,26). The predicted octanol–water partition coefficient (Wildman–Crippen LogP) is 3.27. The Morgan fingerprint density at radius 2 is 1.35 bits per heavy atom. The summed E-state index contributed by atoms with van der Waals surface area (Å²) in [5.41, 5.74) is 5.80. The highest BCUT2D eigenvalue weighted by atomic mass is 16.4. The molecule has 0 atom stereocenters. The molecule has 0 bridgehead atoms. The van der Waals surface area contributed by atoms with Gasteiger partial charge < -0.3 is 14.9 Å². The van der Waals surface area contributed by atoms with Gasteiger partial charge >= 0.3 is 5.97 Å². The maximum absolute atomic E-state index is 12.7. The Morgan fingerprint density at radius 1 is 0.846 bits per heavy atom. The minimum Gasteiger partial charge on any atom is -0.478 e. The zero-order chi connectivity index (χ0) is 18.8. The Hall–Kier alpha value is -2.82. The van der Waals surface area contributed by atoms with Crippen molar-refractivity contribution in [3.05, 3.63) is 64.2 Å². The molecule has 3 rings (SSSR count). The molecule has 1 aliphatic rings. The van der Waals surface area contributed by atoms with Crippen molar-refractivity contribution in [3.8, 4) is 0 Å². The summed E-state index contributed by atoms with van der Waals surface area (Å²) in [7, 11) is 0. The van der Waals surface area contributed by atoms with Crippen LogP contribution in [0.4, 0.5) is 5.69 Å². The van der Waals surface area contributed by atoms with Gasteiger partial charge in [-0.25, -0.2) is 4.79 Å². The first-order valence-corrected chi connectivity index (χ1v) is 8.82. The molecule has 1 saturated heterocycles. The third-order valence-electron chi connectivity index (χ3n) is 4.90. The molecule has 1 heterocycles. The summed E-state index contributed by atoms with van der Waals surface area (Å²) in [6.45, 7) is 9.29. The minimum absolute atomic E-state index is 0.0426. The predicted molar refractivity (Wildman–Crippen MR) is 102 cm³/mol. The number of hydrogen-bond acceptors (Lipinski definition) is 3. The lowest BCUT2D eigenvalue weighted by atomic mass is 10.0. The second-order valence-electron chi connectivity index (χ2n) is 6.91. The van der Waals surface area contributed by atoms with E-state index < -0.39 is 5.97 Å². The molecule has 1 N–H and O–H groups in total. The molecule has 1 amide bonds. The molecule has 136 valence electrons. The van der Waals surface area contributed by atoms with Crippen LogP contribution in [0.25, 0.3) is 0 Å². The van der Waals surface area contributed by atoms with Crippen LogP contribution in [0, 0.1) is 20.8 Å². The zero-order valence-corrected chi connectivity index (χ0v) is 15.5. The van der Waals surface area contributed by atoms with Gasteiger partial charge in [0, 0.05) is 37.4 Å². The van der Waals surface area contributed by atoms with Crippen LogP contribution in [0.1, 0.15) is 37.4 Å². The van der Waals surface area contributed by atoms with Crippen molar-refractivity contribution >= 4 is 17.6 Å². The molecule has 1 fully saturated rings. The second kappa shape index (κ2) is 7.20. The third kappa shape index (κ3) is 3.57. The topological polar surface area (TPSA) is 60.9 Å². The first-order chi connectivity index (χ1) is 12.4. The quantitative estimate of drug-likeness (QED) is 0.921. The monoisotopic (exact) mass is 352 g/mol. The van der Waals surface area contributed by atoms with E-state index in [1.54, 1.807) is 12.1 Å². The van der Waals surface area contributed by atoms with E-state index in [1.807, 2.05) is 4.90 Å². The van der Waals surface area contributed by atoms with Gasteiger partial charge in [0.05, 0.1) is 5.56 Å². The number of carbonyl (C=O) groups is 2. The number of nitrogens with zero attached hydrogens (tertiary/aromatic N) is 2. The first kappa shape index (κ1) is 18.0. The van der Waals surface area contributed by atoms with Gasteiger partial charge in [0.1, 0.15) is 0 Å². The summed E-state index contributed by atoms with van der Waals surface area (Å²) in [5, 5.41) is 8.96. The molecule has 26 heavy (non-hydrogen) atoms. The third-order valence-corrected chi connectivity index (χ3v) is 4.90. The summed E-state index contributed by atoms with van der Waals surface area (Å²) in [6.07, 6.45) is 0. The number of aryl methyl sites for hydroxylation is 3. The van der Waals surface area contributed by atoms with Gasteiger partial charge in [0.2, 0.25) is 0 Å². The molecular formula is C21H24N2O3. The highest BCUT2D eigenvalue weighted by molar-refractivity contribution is 5.96. The van der Waals surface area contributed by atoms with Crippen molar-refractivity contribution in [3.63, 3.8) is 0 Å². The van der Waals surface area contributed by atoms with Crippen LogP contribution in [0.5, 0.6) is 0 Å². The van der Waals surface area contributed by atoms with Crippen LogP contribution < -0.4 is 4.90 Å². The van der Waals surface area contributed by atoms with E-state index in [0.29, 0.717) is 18.7 Å². The van der Waals surface area contributed by atoms with Gasteiger partial charge in [-0.1, -0.05) is 17.7 Å². The fourth-order valence-corrected chi connectivity index (χ4v) is 3.74. The van der Waals surface area contributed by atoms with Gasteiger partial charge in [0.15, 0.2) is 0 Å². The molecule has 0 aliphatic carbocycles. The SMILES string of the molecule is Cc1cc(C)c(N2CCN(C(=O)c3ccc(C(=O)O)cc3)CC2)c(C)c1. The summed E-state index contributed by atoms with van der Waals surface area (Å²) >= 11 is 0. The van der Waals surface area contributed by atoms with E-state index in [1.165, 1.54) is 34.5 Å². The Bertz CT molecular complexity index is 812. The van der Waals surface area contributed by atoms with Crippen molar-refractivity contribution in [2.75, 3.05) is 31.1 Å². The van der Waals surface area contributed by atoms with Crippen LogP contribution in [-0.2, 0) is 0 Å². The van der Waals surface area contributed by atoms with E-state index in [4.69, 9.17) is 5.11 Å². The van der Waals surface area contributed by atoms with E-state index >= 15 is 0 Å². The molecule has 0 aromatic heterocycles. The average Bonchev–Trinajstić information content (AvgIpc) is 2.61. The maximum Gasteiger partial charge on any atom is 0.335 e. The molecule has 0 radical (unpaired) electrons. The molecule has 0 saturated carbocycles. The van der Waals surface area contributed by atoms with Crippen molar-refractivity contribution in [2.45, 2.75) is 20.8 Å². The van der Waals surface area contributed by atoms with Crippen LogP contribution in [0.15, 0.2) is 36.4 Å². The van der Waals surface area contributed by atoms with E-state index in [0.717, 1.165) is 13.1 Å². The van der Waals surface area contributed by atoms with Gasteiger partial charge in [-0.15, -0.1) is 0 Å².